The third-order valence-electron chi connectivity index (χ3n) is 3.61. The molecule has 3 rings (SSSR count). The molecule has 0 saturated heterocycles. The van der Waals surface area contributed by atoms with E-state index in [2.05, 4.69) is 53.9 Å². The second-order valence-electron chi connectivity index (χ2n) is 5.31. The monoisotopic (exact) mass is 319 g/mol. The Bertz CT molecular complexity index is 749. The van der Waals surface area contributed by atoms with Crippen molar-refractivity contribution in [2.75, 3.05) is 5.32 Å². The van der Waals surface area contributed by atoms with Gasteiger partial charge in [-0.1, -0.05) is 84.4 Å². The van der Waals surface area contributed by atoms with Crippen molar-refractivity contribution in [2.24, 2.45) is 0 Å². The highest BCUT2D eigenvalue weighted by atomic mass is 35.5. The third kappa shape index (κ3) is 4.48. The Kier molecular flexibility index (Phi) is 5.13. The van der Waals surface area contributed by atoms with E-state index in [1.54, 1.807) is 0 Å². The Morgan fingerprint density at radius 3 is 2.00 bits per heavy atom. The molecule has 3 aromatic carbocycles. The number of rotatable bonds is 5. The number of benzene rings is 3. The Hall–Kier alpha value is -2.51. The van der Waals surface area contributed by atoms with Crippen molar-refractivity contribution < 1.29 is 0 Å². The maximum Gasteiger partial charge on any atom is 0.0701 e. The second kappa shape index (κ2) is 7.66. The molecular formula is C21H18ClN. The molecule has 0 fully saturated rings. The summed E-state index contributed by atoms with van der Waals surface area (Å²) in [7, 11) is 0. The van der Waals surface area contributed by atoms with Crippen molar-refractivity contribution in [3.05, 3.63) is 107 Å². The van der Waals surface area contributed by atoms with Crippen LogP contribution >= 0.6 is 11.6 Å². The lowest BCUT2D eigenvalue weighted by atomic mass is 10.0. The zero-order valence-electron chi connectivity index (χ0n) is 12.7. The maximum atomic E-state index is 5.96. The molecule has 3 aromatic rings. The highest BCUT2D eigenvalue weighted by Gasteiger charge is 2.07. The van der Waals surface area contributed by atoms with Crippen molar-refractivity contribution in [3.8, 4) is 0 Å². The first-order chi connectivity index (χ1) is 11.3. The van der Waals surface area contributed by atoms with E-state index in [1.165, 1.54) is 11.1 Å². The third-order valence-corrected chi connectivity index (χ3v) is 3.86. The first-order valence-corrected chi connectivity index (χ1v) is 7.99. The molecule has 0 saturated carbocycles. The molecule has 23 heavy (non-hydrogen) atoms. The molecule has 0 aromatic heterocycles. The van der Waals surface area contributed by atoms with Crippen LogP contribution in [0.25, 0.3) is 6.08 Å². The van der Waals surface area contributed by atoms with E-state index in [0.29, 0.717) is 0 Å². The fraction of sp³-hybridized carbons (Fsp3) is 0.0476. The van der Waals surface area contributed by atoms with E-state index in [9.17, 15) is 0 Å². The Balaban J connectivity index is 1.85. The van der Waals surface area contributed by atoms with Crippen molar-refractivity contribution in [1.82, 2.24) is 0 Å². The first-order valence-electron chi connectivity index (χ1n) is 7.61. The van der Waals surface area contributed by atoms with Crippen LogP contribution in [0.1, 0.15) is 17.2 Å². The highest BCUT2D eigenvalue weighted by Crippen LogP contribution is 2.23. The molecule has 0 heterocycles. The number of halogens is 1. The summed E-state index contributed by atoms with van der Waals surface area (Å²) in [4.78, 5) is 0. The molecule has 1 N–H and O–H groups in total. The van der Waals surface area contributed by atoms with Crippen molar-refractivity contribution >= 4 is 23.4 Å². The highest BCUT2D eigenvalue weighted by molar-refractivity contribution is 6.30. The van der Waals surface area contributed by atoms with Crippen LogP contribution < -0.4 is 5.32 Å². The SMILES string of the molecule is Clc1ccc(N[C@H](/C=C/c2ccccc2)c2ccccc2)cc1. The molecule has 0 aliphatic heterocycles. The van der Waals surface area contributed by atoms with E-state index >= 15 is 0 Å². The van der Waals surface area contributed by atoms with Gasteiger partial charge in [-0.3, -0.25) is 0 Å². The average Bonchev–Trinajstić information content (AvgIpc) is 2.62. The van der Waals surface area contributed by atoms with Gasteiger partial charge in [0.2, 0.25) is 0 Å². The first kappa shape index (κ1) is 15.4. The largest absolute Gasteiger partial charge is 0.375 e. The molecule has 0 unspecified atom stereocenters. The van der Waals surface area contributed by atoms with Gasteiger partial charge in [-0.05, 0) is 35.4 Å². The smallest absolute Gasteiger partial charge is 0.0701 e. The van der Waals surface area contributed by atoms with Crippen LogP contribution in [-0.2, 0) is 0 Å². The van der Waals surface area contributed by atoms with Crippen LogP contribution in [0.3, 0.4) is 0 Å². The molecule has 0 amide bonds. The van der Waals surface area contributed by atoms with Crippen LogP contribution in [0.5, 0.6) is 0 Å². The van der Waals surface area contributed by atoms with E-state index in [0.717, 1.165) is 10.7 Å². The van der Waals surface area contributed by atoms with Crippen LogP contribution in [0, 0.1) is 0 Å². The van der Waals surface area contributed by atoms with Gasteiger partial charge in [-0.2, -0.15) is 0 Å². The number of hydrogen-bond acceptors (Lipinski definition) is 1. The van der Waals surface area contributed by atoms with Crippen LogP contribution in [-0.4, -0.2) is 0 Å². The Labute approximate surface area is 142 Å². The van der Waals surface area contributed by atoms with Crippen LogP contribution in [0.2, 0.25) is 5.02 Å². The van der Waals surface area contributed by atoms with E-state index in [1.807, 2.05) is 48.5 Å². The van der Waals surface area contributed by atoms with Crippen LogP contribution in [0.4, 0.5) is 5.69 Å². The van der Waals surface area contributed by atoms with Gasteiger partial charge in [-0.15, -0.1) is 0 Å². The lowest BCUT2D eigenvalue weighted by Gasteiger charge is -2.17. The minimum absolute atomic E-state index is 0.0950. The number of anilines is 1. The summed E-state index contributed by atoms with van der Waals surface area (Å²) in [5, 5.41) is 4.29. The fourth-order valence-electron chi connectivity index (χ4n) is 2.40. The maximum absolute atomic E-state index is 5.96. The fourth-order valence-corrected chi connectivity index (χ4v) is 2.53. The zero-order chi connectivity index (χ0) is 15.9. The van der Waals surface area contributed by atoms with E-state index < -0.39 is 0 Å². The molecule has 0 spiro atoms. The summed E-state index contributed by atoms with van der Waals surface area (Å²) in [5.74, 6) is 0. The summed E-state index contributed by atoms with van der Waals surface area (Å²) >= 11 is 5.96. The van der Waals surface area contributed by atoms with Gasteiger partial charge in [0.15, 0.2) is 0 Å². The van der Waals surface area contributed by atoms with Gasteiger partial charge >= 0.3 is 0 Å². The molecule has 114 valence electrons. The van der Waals surface area contributed by atoms with Crippen molar-refractivity contribution in [1.29, 1.82) is 0 Å². The lowest BCUT2D eigenvalue weighted by Crippen LogP contribution is -2.07. The molecule has 0 aliphatic carbocycles. The van der Waals surface area contributed by atoms with E-state index in [-0.39, 0.29) is 6.04 Å². The lowest BCUT2D eigenvalue weighted by molar-refractivity contribution is 0.990. The Morgan fingerprint density at radius 2 is 1.35 bits per heavy atom. The molecule has 1 atom stereocenters. The molecule has 0 radical (unpaired) electrons. The summed E-state index contributed by atoms with van der Waals surface area (Å²) in [6, 6.07) is 28.6. The Morgan fingerprint density at radius 1 is 0.739 bits per heavy atom. The summed E-state index contributed by atoms with van der Waals surface area (Å²) in [5.41, 5.74) is 3.45. The number of hydrogen-bond donors (Lipinski definition) is 1. The summed E-state index contributed by atoms with van der Waals surface area (Å²) in [6.07, 6.45) is 4.32. The predicted molar refractivity (Wildman–Crippen MR) is 99.7 cm³/mol. The van der Waals surface area contributed by atoms with Crippen molar-refractivity contribution in [2.45, 2.75) is 6.04 Å². The minimum atomic E-state index is 0.0950. The standard InChI is InChI=1S/C21H18ClN/c22-19-12-14-20(15-13-19)23-21(18-9-5-2-6-10-18)16-11-17-7-3-1-4-8-17/h1-16,21,23H/b16-11+/t21-/m1/s1. The molecular weight excluding hydrogens is 302 g/mol. The van der Waals surface area contributed by atoms with Gasteiger partial charge in [0.1, 0.15) is 0 Å². The predicted octanol–water partition coefficient (Wildman–Crippen LogP) is 6.21. The second-order valence-corrected chi connectivity index (χ2v) is 5.75. The summed E-state index contributed by atoms with van der Waals surface area (Å²) in [6.45, 7) is 0. The zero-order valence-corrected chi connectivity index (χ0v) is 13.4. The van der Waals surface area contributed by atoms with E-state index in [4.69, 9.17) is 11.6 Å². The normalized spacial score (nSPS) is 12.2. The molecule has 1 nitrogen and oxygen atoms in total. The van der Waals surface area contributed by atoms with Gasteiger partial charge < -0.3 is 5.32 Å². The molecule has 0 bridgehead atoms. The van der Waals surface area contributed by atoms with Gasteiger partial charge in [0.05, 0.1) is 6.04 Å². The molecule has 0 aliphatic rings. The molecule has 2 heteroatoms. The van der Waals surface area contributed by atoms with Gasteiger partial charge in [0, 0.05) is 10.7 Å². The van der Waals surface area contributed by atoms with Gasteiger partial charge in [-0.25, -0.2) is 0 Å². The van der Waals surface area contributed by atoms with Gasteiger partial charge in [0.25, 0.3) is 0 Å². The quantitative estimate of drug-likeness (QED) is 0.589. The van der Waals surface area contributed by atoms with Crippen molar-refractivity contribution in [3.63, 3.8) is 0 Å². The van der Waals surface area contributed by atoms with Crippen LogP contribution in [0.15, 0.2) is 91.0 Å². The minimum Gasteiger partial charge on any atom is -0.375 e. The summed E-state index contributed by atoms with van der Waals surface area (Å²) < 4.78 is 0. The topological polar surface area (TPSA) is 12.0 Å². The average molecular weight is 320 g/mol. The number of nitrogens with one attached hydrogen (secondary N) is 1.